The number of benzene rings is 1. The van der Waals surface area contributed by atoms with Gasteiger partial charge in [-0.05, 0) is 12.5 Å². The average molecular weight is 270 g/mol. The van der Waals surface area contributed by atoms with Gasteiger partial charge in [-0.2, -0.15) is 0 Å². The van der Waals surface area contributed by atoms with Crippen LogP contribution in [0.1, 0.15) is 18.9 Å². The number of nitrogens with zero attached hydrogens (tertiary/aromatic N) is 1. The third-order valence-corrected chi connectivity index (χ3v) is 3.52. The minimum absolute atomic E-state index is 0.0591. The highest BCUT2D eigenvalue weighted by Crippen LogP contribution is 2.14. The van der Waals surface area contributed by atoms with Crippen LogP contribution in [0, 0.1) is 12.3 Å². The summed E-state index contributed by atoms with van der Waals surface area (Å²) in [4.78, 5) is 26.0. The fraction of sp³-hybridized carbons (Fsp3) is 0.375. The molecule has 104 valence electrons. The summed E-state index contributed by atoms with van der Waals surface area (Å²) >= 11 is 0. The van der Waals surface area contributed by atoms with E-state index in [0.717, 1.165) is 5.56 Å². The predicted molar refractivity (Wildman–Crippen MR) is 76.7 cm³/mol. The Labute approximate surface area is 119 Å². The van der Waals surface area contributed by atoms with Gasteiger partial charge < -0.3 is 10.2 Å². The van der Waals surface area contributed by atoms with Gasteiger partial charge in [-0.1, -0.05) is 30.3 Å². The summed E-state index contributed by atoms with van der Waals surface area (Å²) < 4.78 is 0. The molecule has 1 fully saturated rings. The first-order valence-electron chi connectivity index (χ1n) is 6.71. The molecule has 1 aromatic rings. The first kappa shape index (κ1) is 14.1. The van der Waals surface area contributed by atoms with Gasteiger partial charge in [0.1, 0.15) is 12.1 Å². The maximum absolute atomic E-state index is 12.4. The summed E-state index contributed by atoms with van der Waals surface area (Å²) in [5, 5.41) is 2.79. The standard InChI is InChI=1S/C16H18N2O2/c1-3-4-10-18-12(2)15(19)17-14(16(18)20)11-13-8-6-5-7-9-13/h1,5-9,12,14H,4,10-11H2,2H3,(H,17,19). The van der Waals surface area contributed by atoms with E-state index in [9.17, 15) is 9.59 Å². The molecule has 1 aliphatic heterocycles. The van der Waals surface area contributed by atoms with Crippen LogP contribution < -0.4 is 5.32 Å². The molecule has 4 nitrogen and oxygen atoms in total. The van der Waals surface area contributed by atoms with Crippen LogP contribution in [0.15, 0.2) is 30.3 Å². The van der Waals surface area contributed by atoms with Crippen LogP contribution in [0.2, 0.25) is 0 Å². The highest BCUT2D eigenvalue weighted by atomic mass is 16.2. The molecular formula is C16H18N2O2. The number of carbonyl (C=O) groups excluding carboxylic acids is 2. The van der Waals surface area contributed by atoms with E-state index in [0.29, 0.717) is 19.4 Å². The quantitative estimate of drug-likeness (QED) is 0.829. The lowest BCUT2D eigenvalue weighted by Crippen LogP contribution is -2.63. The fourth-order valence-corrected chi connectivity index (χ4v) is 2.36. The predicted octanol–water partition coefficient (Wildman–Crippen LogP) is 0.968. The van der Waals surface area contributed by atoms with Crippen molar-refractivity contribution in [3.63, 3.8) is 0 Å². The molecule has 1 saturated heterocycles. The molecule has 0 spiro atoms. The third-order valence-electron chi connectivity index (χ3n) is 3.52. The van der Waals surface area contributed by atoms with Crippen LogP contribution in [0.5, 0.6) is 0 Å². The van der Waals surface area contributed by atoms with E-state index < -0.39 is 12.1 Å². The highest BCUT2D eigenvalue weighted by Gasteiger charge is 2.37. The van der Waals surface area contributed by atoms with Crippen LogP contribution in [0.25, 0.3) is 0 Å². The topological polar surface area (TPSA) is 49.4 Å². The van der Waals surface area contributed by atoms with E-state index >= 15 is 0 Å². The molecule has 1 aromatic carbocycles. The summed E-state index contributed by atoms with van der Waals surface area (Å²) in [6.45, 7) is 2.15. The van der Waals surface area contributed by atoms with E-state index in [-0.39, 0.29) is 11.8 Å². The highest BCUT2D eigenvalue weighted by molar-refractivity contribution is 5.96. The van der Waals surface area contributed by atoms with Gasteiger partial charge in [0.2, 0.25) is 11.8 Å². The molecule has 0 aliphatic carbocycles. The van der Waals surface area contributed by atoms with E-state index in [1.165, 1.54) is 0 Å². The Bertz CT molecular complexity index is 533. The van der Waals surface area contributed by atoms with Crippen molar-refractivity contribution in [2.24, 2.45) is 0 Å². The van der Waals surface area contributed by atoms with Crippen LogP contribution >= 0.6 is 0 Å². The number of hydrogen-bond donors (Lipinski definition) is 1. The van der Waals surface area contributed by atoms with Crippen molar-refractivity contribution in [1.29, 1.82) is 0 Å². The average Bonchev–Trinajstić information content (AvgIpc) is 2.46. The normalized spacial score (nSPS) is 22.3. The summed E-state index contributed by atoms with van der Waals surface area (Å²) in [6, 6.07) is 8.70. The van der Waals surface area contributed by atoms with Crippen LogP contribution in [0.4, 0.5) is 0 Å². The van der Waals surface area contributed by atoms with E-state index in [4.69, 9.17) is 6.42 Å². The molecule has 2 unspecified atom stereocenters. The van der Waals surface area contributed by atoms with Gasteiger partial charge in [-0.25, -0.2) is 0 Å². The Kier molecular flexibility index (Phi) is 4.41. The molecule has 2 rings (SSSR count). The second kappa shape index (κ2) is 6.25. The van der Waals surface area contributed by atoms with Crippen molar-refractivity contribution in [3.05, 3.63) is 35.9 Å². The fourth-order valence-electron chi connectivity index (χ4n) is 2.36. The second-order valence-corrected chi connectivity index (χ2v) is 4.91. The number of hydrogen-bond acceptors (Lipinski definition) is 2. The Morgan fingerprint density at radius 1 is 1.30 bits per heavy atom. The maximum Gasteiger partial charge on any atom is 0.246 e. The van der Waals surface area contributed by atoms with Gasteiger partial charge in [-0.3, -0.25) is 9.59 Å². The van der Waals surface area contributed by atoms with E-state index in [2.05, 4.69) is 11.2 Å². The number of terminal acetylenes is 1. The molecule has 0 aromatic heterocycles. The first-order valence-corrected chi connectivity index (χ1v) is 6.71. The molecular weight excluding hydrogens is 252 g/mol. The zero-order valence-electron chi connectivity index (χ0n) is 11.5. The minimum atomic E-state index is -0.501. The lowest BCUT2D eigenvalue weighted by atomic mass is 10.0. The van der Waals surface area contributed by atoms with Gasteiger partial charge in [-0.15, -0.1) is 12.3 Å². The molecule has 0 saturated carbocycles. The summed E-state index contributed by atoms with van der Waals surface area (Å²) in [5.41, 5.74) is 1.03. The Hall–Kier alpha value is -2.28. The number of piperazine rings is 1. The Balaban J connectivity index is 2.12. The number of nitrogens with one attached hydrogen (secondary N) is 1. The van der Waals surface area contributed by atoms with Crippen molar-refractivity contribution < 1.29 is 9.59 Å². The summed E-state index contributed by atoms with van der Waals surface area (Å²) in [6.07, 6.45) is 6.21. The van der Waals surface area contributed by atoms with Crippen molar-refractivity contribution in [2.45, 2.75) is 31.8 Å². The number of carbonyl (C=O) groups is 2. The van der Waals surface area contributed by atoms with Crippen LogP contribution in [-0.4, -0.2) is 35.3 Å². The van der Waals surface area contributed by atoms with Gasteiger partial charge >= 0.3 is 0 Å². The van der Waals surface area contributed by atoms with Crippen LogP contribution in [-0.2, 0) is 16.0 Å². The molecule has 1 N–H and O–H groups in total. The smallest absolute Gasteiger partial charge is 0.246 e. The number of rotatable bonds is 4. The molecule has 2 atom stereocenters. The minimum Gasteiger partial charge on any atom is -0.342 e. The summed E-state index contributed by atoms with van der Waals surface area (Å²) in [7, 11) is 0. The molecule has 0 bridgehead atoms. The summed E-state index contributed by atoms with van der Waals surface area (Å²) in [5.74, 6) is 2.33. The zero-order chi connectivity index (χ0) is 14.5. The zero-order valence-corrected chi connectivity index (χ0v) is 11.5. The number of amides is 2. The second-order valence-electron chi connectivity index (χ2n) is 4.91. The monoisotopic (exact) mass is 270 g/mol. The van der Waals surface area contributed by atoms with E-state index in [1.54, 1.807) is 11.8 Å². The van der Waals surface area contributed by atoms with Crippen molar-refractivity contribution in [1.82, 2.24) is 10.2 Å². The molecule has 1 aliphatic rings. The molecule has 2 amide bonds. The molecule has 20 heavy (non-hydrogen) atoms. The third kappa shape index (κ3) is 3.00. The Morgan fingerprint density at radius 2 is 2.00 bits per heavy atom. The van der Waals surface area contributed by atoms with Gasteiger partial charge in [0.15, 0.2) is 0 Å². The Morgan fingerprint density at radius 3 is 2.65 bits per heavy atom. The molecule has 0 radical (unpaired) electrons. The van der Waals surface area contributed by atoms with Crippen molar-refractivity contribution >= 4 is 11.8 Å². The van der Waals surface area contributed by atoms with Gasteiger partial charge in [0, 0.05) is 19.4 Å². The SMILES string of the molecule is C#CCCN1C(=O)C(Cc2ccccc2)NC(=O)C1C. The first-order chi connectivity index (χ1) is 9.63. The molecule has 4 heteroatoms. The van der Waals surface area contributed by atoms with Crippen molar-refractivity contribution in [3.8, 4) is 12.3 Å². The maximum atomic E-state index is 12.4. The van der Waals surface area contributed by atoms with Gasteiger partial charge in [0.05, 0.1) is 0 Å². The lowest BCUT2D eigenvalue weighted by molar-refractivity contribution is -0.148. The van der Waals surface area contributed by atoms with E-state index in [1.807, 2.05) is 30.3 Å². The van der Waals surface area contributed by atoms with Crippen molar-refractivity contribution in [2.75, 3.05) is 6.54 Å². The van der Waals surface area contributed by atoms with Gasteiger partial charge in [0.25, 0.3) is 0 Å². The van der Waals surface area contributed by atoms with Crippen LogP contribution in [0.3, 0.4) is 0 Å². The molecule has 1 heterocycles. The largest absolute Gasteiger partial charge is 0.342 e. The lowest BCUT2D eigenvalue weighted by Gasteiger charge is -2.37.